The summed E-state index contributed by atoms with van der Waals surface area (Å²) in [6, 6.07) is 6.52. The van der Waals surface area contributed by atoms with Gasteiger partial charge in [0.15, 0.2) is 0 Å². The third-order valence-corrected chi connectivity index (χ3v) is 4.10. The van der Waals surface area contributed by atoms with Crippen molar-refractivity contribution in [2.24, 2.45) is 0 Å². The zero-order valence-electron chi connectivity index (χ0n) is 10.4. The number of hydrogen-bond acceptors (Lipinski definition) is 5. The summed E-state index contributed by atoms with van der Waals surface area (Å²) < 4.78 is 6.41. The standard InChI is InChI=1S/C12H14BrN3OS/c1-7(14-3)10-5-4-9(6-11(10)13)18-12-16-15-8(2)17-12/h4-7,14H,1-3H3. The van der Waals surface area contributed by atoms with Gasteiger partial charge >= 0.3 is 0 Å². The Morgan fingerprint density at radius 1 is 1.39 bits per heavy atom. The van der Waals surface area contributed by atoms with Crippen molar-refractivity contribution in [3.8, 4) is 0 Å². The zero-order chi connectivity index (χ0) is 13.1. The number of aromatic nitrogens is 2. The van der Waals surface area contributed by atoms with Crippen molar-refractivity contribution in [3.63, 3.8) is 0 Å². The van der Waals surface area contributed by atoms with Gasteiger partial charge in [-0.2, -0.15) is 0 Å². The maximum absolute atomic E-state index is 5.34. The maximum atomic E-state index is 5.34. The largest absolute Gasteiger partial charge is 0.416 e. The summed E-state index contributed by atoms with van der Waals surface area (Å²) in [5.74, 6) is 0.581. The molecule has 4 nitrogen and oxygen atoms in total. The van der Waals surface area contributed by atoms with Gasteiger partial charge in [0.25, 0.3) is 5.22 Å². The van der Waals surface area contributed by atoms with Crippen LogP contribution in [0, 0.1) is 6.92 Å². The quantitative estimate of drug-likeness (QED) is 0.930. The van der Waals surface area contributed by atoms with E-state index in [0.717, 1.165) is 9.37 Å². The Morgan fingerprint density at radius 3 is 2.72 bits per heavy atom. The van der Waals surface area contributed by atoms with Crippen LogP contribution in [0.2, 0.25) is 0 Å². The molecule has 18 heavy (non-hydrogen) atoms. The van der Waals surface area contributed by atoms with E-state index in [1.807, 2.05) is 7.05 Å². The van der Waals surface area contributed by atoms with Crippen LogP contribution < -0.4 is 5.32 Å². The molecule has 6 heteroatoms. The van der Waals surface area contributed by atoms with E-state index in [1.54, 1.807) is 6.92 Å². The number of nitrogens with zero attached hydrogens (tertiary/aromatic N) is 2. The Hall–Kier alpha value is -0.850. The molecule has 0 saturated heterocycles. The third-order valence-electron chi connectivity index (χ3n) is 2.58. The van der Waals surface area contributed by atoms with E-state index in [2.05, 4.69) is 56.6 Å². The first-order valence-electron chi connectivity index (χ1n) is 5.55. The van der Waals surface area contributed by atoms with E-state index in [-0.39, 0.29) is 0 Å². The molecular weight excluding hydrogens is 314 g/mol. The average molecular weight is 328 g/mol. The van der Waals surface area contributed by atoms with E-state index in [0.29, 0.717) is 17.2 Å². The summed E-state index contributed by atoms with van der Waals surface area (Å²) in [4.78, 5) is 1.07. The van der Waals surface area contributed by atoms with Crippen molar-refractivity contribution >= 4 is 27.7 Å². The highest BCUT2D eigenvalue weighted by Crippen LogP contribution is 2.32. The molecule has 0 aliphatic carbocycles. The van der Waals surface area contributed by atoms with Gasteiger partial charge in [-0.1, -0.05) is 22.0 Å². The molecule has 1 atom stereocenters. The van der Waals surface area contributed by atoms with Crippen LogP contribution in [-0.4, -0.2) is 17.2 Å². The average Bonchev–Trinajstić information content (AvgIpc) is 2.74. The Balaban J connectivity index is 2.18. The molecular formula is C12H14BrN3OS. The lowest BCUT2D eigenvalue weighted by molar-refractivity contribution is 0.429. The minimum atomic E-state index is 0.309. The number of hydrogen-bond donors (Lipinski definition) is 1. The van der Waals surface area contributed by atoms with Gasteiger partial charge in [0.2, 0.25) is 5.89 Å². The predicted octanol–water partition coefficient (Wildman–Crippen LogP) is 3.57. The van der Waals surface area contributed by atoms with Crippen LogP contribution in [0.5, 0.6) is 0 Å². The summed E-state index contributed by atoms with van der Waals surface area (Å²) in [7, 11) is 1.95. The molecule has 1 aromatic carbocycles. The highest BCUT2D eigenvalue weighted by atomic mass is 79.9. The SMILES string of the molecule is CNC(C)c1ccc(Sc2nnc(C)o2)cc1Br. The second kappa shape index (κ2) is 5.86. The molecule has 0 radical (unpaired) electrons. The molecule has 0 spiro atoms. The van der Waals surface area contributed by atoms with Crippen LogP contribution in [0.1, 0.15) is 24.4 Å². The van der Waals surface area contributed by atoms with E-state index in [1.165, 1.54) is 17.3 Å². The Bertz CT molecular complexity index is 544. The molecule has 96 valence electrons. The molecule has 1 heterocycles. The molecule has 2 aromatic rings. The molecule has 0 amide bonds. The van der Waals surface area contributed by atoms with Gasteiger partial charge in [-0.15, -0.1) is 10.2 Å². The second-order valence-electron chi connectivity index (χ2n) is 3.88. The lowest BCUT2D eigenvalue weighted by Crippen LogP contribution is -2.12. The molecule has 1 aromatic heterocycles. The molecule has 0 aliphatic heterocycles. The molecule has 0 saturated carbocycles. The van der Waals surface area contributed by atoms with E-state index in [4.69, 9.17) is 4.42 Å². The highest BCUT2D eigenvalue weighted by Gasteiger charge is 2.10. The fourth-order valence-corrected chi connectivity index (χ4v) is 3.13. The fourth-order valence-electron chi connectivity index (χ4n) is 1.50. The first-order valence-corrected chi connectivity index (χ1v) is 7.15. The molecule has 1 unspecified atom stereocenters. The van der Waals surface area contributed by atoms with Crippen LogP contribution in [0.3, 0.4) is 0 Å². The highest BCUT2D eigenvalue weighted by molar-refractivity contribution is 9.10. The van der Waals surface area contributed by atoms with Gasteiger partial charge in [0.05, 0.1) is 0 Å². The van der Waals surface area contributed by atoms with Gasteiger partial charge < -0.3 is 9.73 Å². The Morgan fingerprint density at radius 2 is 2.17 bits per heavy atom. The number of aryl methyl sites for hydroxylation is 1. The molecule has 0 bridgehead atoms. The number of nitrogens with one attached hydrogen (secondary N) is 1. The van der Waals surface area contributed by atoms with Gasteiger partial charge in [-0.3, -0.25) is 0 Å². The van der Waals surface area contributed by atoms with E-state index in [9.17, 15) is 0 Å². The van der Waals surface area contributed by atoms with Gasteiger partial charge in [-0.05, 0) is 43.4 Å². The van der Waals surface area contributed by atoms with E-state index < -0.39 is 0 Å². The Kier molecular flexibility index (Phi) is 4.42. The smallest absolute Gasteiger partial charge is 0.281 e. The zero-order valence-corrected chi connectivity index (χ0v) is 12.8. The maximum Gasteiger partial charge on any atom is 0.281 e. The van der Waals surface area contributed by atoms with Crippen LogP contribution >= 0.6 is 27.7 Å². The third kappa shape index (κ3) is 3.13. The number of rotatable bonds is 4. The van der Waals surface area contributed by atoms with E-state index >= 15 is 0 Å². The van der Waals surface area contributed by atoms with Crippen molar-refractivity contribution in [2.45, 2.75) is 30.0 Å². The summed E-state index contributed by atoms with van der Waals surface area (Å²) in [6.07, 6.45) is 0. The molecule has 0 fully saturated rings. The summed E-state index contributed by atoms with van der Waals surface area (Å²) >= 11 is 5.05. The second-order valence-corrected chi connectivity index (χ2v) is 5.76. The van der Waals surface area contributed by atoms with Crippen molar-refractivity contribution in [3.05, 3.63) is 34.1 Å². The first kappa shape index (κ1) is 13.6. The fraction of sp³-hybridized carbons (Fsp3) is 0.333. The van der Waals surface area contributed by atoms with Crippen LogP contribution in [-0.2, 0) is 0 Å². The van der Waals surface area contributed by atoms with Crippen molar-refractivity contribution < 1.29 is 4.42 Å². The van der Waals surface area contributed by atoms with Gasteiger partial charge in [-0.25, -0.2) is 0 Å². The normalized spacial score (nSPS) is 12.7. The van der Waals surface area contributed by atoms with Crippen LogP contribution in [0.25, 0.3) is 0 Å². The lowest BCUT2D eigenvalue weighted by Gasteiger charge is -2.13. The number of halogens is 1. The monoisotopic (exact) mass is 327 g/mol. The minimum Gasteiger partial charge on any atom is -0.416 e. The van der Waals surface area contributed by atoms with Crippen LogP contribution in [0.15, 0.2) is 37.2 Å². The molecule has 1 N–H and O–H groups in total. The summed E-state index contributed by atoms with van der Waals surface area (Å²) in [5, 5.41) is 11.5. The topological polar surface area (TPSA) is 51.0 Å². The van der Waals surface area contributed by atoms with Gasteiger partial charge in [0, 0.05) is 22.3 Å². The van der Waals surface area contributed by atoms with Crippen molar-refractivity contribution in [1.82, 2.24) is 15.5 Å². The lowest BCUT2D eigenvalue weighted by atomic mass is 10.1. The number of benzene rings is 1. The minimum absolute atomic E-state index is 0.309. The van der Waals surface area contributed by atoms with Crippen LogP contribution in [0.4, 0.5) is 0 Å². The predicted molar refractivity (Wildman–Crippen MR) is 74.8 cm³/mol. The Labute approximate surface area is 119 Å². The van der Waals surface area contributed by atoms with Crippen molar-refractivity contribution in [2.75, 3.05) is 7.05 Å². The summed E-state index contributed by atoms with van der Waals surface area (Å²) in [5.41, 5.74) is 1.23. The molecule has 2 rings (SSSR count). The first-order chi connectivity index (χ1) is 8.60. The van der Waals surface area contributed by atoms with Gasteiger partial charge in [0.1, 0.15) is 0 Å². The summed E-state index contributed by atoms with van der Waals surface area (Å²) in [6.45, 7) is 3.90. The van der Waals surface area contributed by atoms with Crippen molar-refractivity contribution in [1.29, 1.82) is 0 Å². The molecule has 0 aliphatic rings.